The predicted octanol–water partition coefficient (Wildman–Crippen LogP) is 9.04. The average Bonchev–Trinajstić information content (AvgIpc) is 2.87. The van der Waals surface area contributed by atoms with Crippen LogP contribution in [0.4, 0.5) is 0 Å². The molecule has 0 aliphatic rings. The van der Waals surface area contributed by atoms with Gasteiger partial charge in [0, 0.05) is 16.6 Å². The fraction of sp³-hybridized carbons (Fsp3) is 0.419. The maximum atomic E-state index is 11.7. The van der Waals surface area contributed by atoms with Crippen molar-refractivity contribution in [2.24, 2.45) is 0 Å². The molecule has 4 unspecified atom stereocenters. The van der Waals surface area contributed by atoms with Crippen molar-refractivity contribution in [2.45, 2.75) is 86.0 Å². The maximum Gasteiger partial charge on any atom is 0.335 e. The molecule has 0 N–H and O–H groups in total. The monoisotopic (exact) mass is 676 g/mol. The number of carbonyl (C=O) groups is 2. The van der Waals surface area contributed by atoms with Gasteiger partial charge in [-0.2, -0.15) is 0 Å². The lowest BCUT2D eigenvalue weighted by molar-refractivity contribution is -0.206. The third-order valence-electron chi connectivity index (χ3n) is 6.02. The van der Waals surface area contributed by atoms with Crippen molar-refractivity contribution in [2.75, 3.05) is 0 Å². The van der Waals surface area contributed by atoms with E-state index in [1.807, 2.05) is 13.8 Å². The molecule has 43 heavy (non-hydrogen) atoms. The highest BCUT2D eigenvalue weighted by Crippen LogP contribution is 2.44. The molecule has 0 spiro atoms. The summed E-state index contributed by atoms with van der Waals surface area (Å²) < 4.78 is 33.0. The van der Waals surface area contributed by atoms with Gasteiger partial charge in [-0.05, 0) is 76.9 Å². The zero-order valence-electron chi connectivity index (χ0n) is 25.3. The highest BCUT2D eigenvalue weighted by atomic mass is 35.5. The Morgan fingerprint density at radius 1 is 0.628 bits per heavy atom. The van der Waals surface area contributed by atoms with Crippen molar-refractivity contribution in [1.82, 2.24) is 0 Å². The molecule has 0 aliphatic heterocycles. The molecule has 0 heterocycles. The van der Waals surface area contributed by atoms with E-state index in [-0.39, 0.29) is 42.7 Å². The van der Waals surface area contributed by atoms with Crippen LogP contribution in [0.15, 0.2) is 48.6 Å². The van der Waals surface area contributed by atoms with Gasteiger partial charge in [0.2, 0.25) is 25.2 Å². The SMILES string of the molecule is C=C(C)C(=O)OC(C)OC(C)Oc1c(Cl)cc(C(C)(C)c2cc(Cl)c(OC(C)OC(C)OC(=O)C(=C)C)c(Cl)c2)cc1Cl. The molecule has 8 nitrogen and oxygen atoms in total. The summed E-state index contributed by atoms with van der Waals surface area (Å²) in [6, 6.07) is 6.87. The van der Waals surface area contributed by atoms with Crippen LogP contribution in [0, 0.1) is 0 Å². The Balaban J connectivity index is 2.20. The normalized spacial score (nSPS) is 14.2. The summed E-state index contributed by atoms with van der Waals surface area (Å²) in [5, 5.41) is 0.953. The molecule has 0 aromatic heterocycles. The highest BCUT2D eigenvalue weighted by molar-refractivity contribution is 6.38. The van der Waals surface area contributed by atoms with E-state index in [4.69, 9.17) is 74.8 Å². The smallest absolute Gasteiger partial charge is 0.335 e. The largest absolute Gasteiger partial charge is 0.462 e. The molecular weight excluding hydrogens is 642 g/mol. The highest BCUT2D eigenvalue weighted by Gasteiger charge is 2.29. The third-order valence-corrected chi connectivity index (χ3v) is 7.14. The first-order chi connectivity index (χ1) is 19.8. The maximum absolute atomic E-state index is 11.7. The van der Waals surface area contributed by atoms with Gasteiger partial charge in [-0.3, -0.25) is 0 Å². The number of rotatable bonds is 14. The Morgan fingerprint density at radius 2 is 0.907 bits per heavy atom. The molecule has 0 saturated heterocycles. The van der Waals surface area contributed by atoms with Gasteiger partial charge in [0.25, 0.3) is 0 Å². The molecular formula is C31H36Cl4O8. The van der Waals surface area contributed by atoms with Crippen LogP contribution < -0.4 is 9.47 Å². The number of esters is 2. The van der Waals surface area contributed by atoms with Gasteiger partial charge >= 0.3 is 11.9 Å². The summed E-state index contributed by atoms with van der Waals surface area (Å²) in [6.45, 7) is 20.4. The minimum Gasteiger partial charge on any atom is -0.462 e. The average molecular weight is 678 g/mol. The minimum atomic E-state index is -0.895. The topological polar surface area (TPSA) is 89.5 Å². The van der Waals surface area contributed by atoms with Crippen LogP contribution in [0.25, 0.3) is 0 Å². The van der Waals surface area contributed by atoms with E-state index in [1.165, 1.54) is 13.8 Å². The number of halogens is 4. The summed E-state index contributed by atoms with van der Waals surface area (Å²) in [5.74, 6) is -0.765. The minimum absolute atomic E-state index is 0.200. The van der Waals surface area contributed by atoms with Gasteiger partial charge in [-0.15, -0.1) is 0 Å². The number of carbonyl (C=O) groups excluding carboxylic acids is 2. The van der Waals surface area contributed by atoms with Gasteiger partial charge in [-0.1, -0.05) is 73.4 Å². The van der Waals surface area contributed by atoms with Crippen molar-refractivity contribution >= 4 is 58.3 Å². The number of ether oxygens (including phenoxy) is 6. The van der Waals surface area contributed by atoms with Crippen molar-refractivity contribution in [3.05, 3.63) is 79.8 Å². The molecule has 0 amide bonds. The second-order valence-corrected chi connectivity index (χ2v) is 11.9. The lowest BCUT2D eigenvalue weighted by Crippen LogP contribution is -2.27. The van der Waals surface area contributed by atoms with E-state index in [2.05, 4.69) is 13.2 Å². The lowest BCUT2D eigenvalue weighted by Gasteiger charge is -2.29. The first kappa shape index (κ1) is 36.7. The molecule has 12 heteroatoms. The first-order valence-corrected chi connectivity index (χ1v) is 14.7. The van der Waals surface area contributed by atoms with Gasteiger partial charge in [-0.25, -0.2) is 9.59 Å². The molecule has 236 valence electrons. The molecule has 0 aliphatic carbocycles. The quantitative estimate of drug-likeness (QED) is 0.111. The summed E-state index contributed by atoms with van der Waals surface area (Å²) in [7, 11) is 0. The lowest BCUT2D eigenvalue weighted by atomic mass is 9.78. The summed E-state index contributed by atoms with van der Waals surface area (Å²) >= 11 is 26.3. The third kappa shape index (κ3) is 10.3. The first-order valence-electron chi connectivity index (χ1n) is 13.2. The van der Waals surface area contributed by atoms with Crippen LogP contribution in [0.1, 0.15) is 66.5 Å². The summed E-state index contributed by atoms with van der Waals surface area (Å²) in [5.41, 5.74) is 1.32. The number of hydrogen-bond donors (Lipinski definition) is 0. The Kier molecular flexibility index (Phi) is 13.2. The van der Waals surface area contributed by atoms with Crippen molar-refractivity contribution in [1.29, 1.82) is 0 Å². The van der Waals surface area contributed by atoms with Crippen LogP contribution in [-0.4, -0.2) is 37.1 Å². The number of hydrogen-bond acceptors (Lipinski definition) is 8. The Hall–Kier alpha value is -2.46. The van der Waals surface area contributed by atoms with Gasteiger partial charge < -0.3 is 28.4 Å². The second kappa shape index (κ2) is 15.5. The van der Waals surface area contributed by atoms with E-state index < -0.39 is 42.5 Å². The number of benzene rings is 2. The molecule has 2 aromatic carbocycles. The van der Waals surface area contributed by atoms with Crippen molar-refractivity contribution < 1.29 is 38.0 Å². The molecule has 0 radical (unpaired) electrons. The fourth-order valence-corrected chi connectivity index (χ4v) is 4.87. The summed E-state index contributed by atoms with van der Waals surface area (Å²) in [4.78, 5) is 23.4. The van der Waals surface area contributed by atoms with Gasteiger partial charge in [0.15, 0.2) is 11.5 Å². The van der Waals surface area contributed by atoms with Crippen LogP contribution in [0.5, 0.6) is 11.5 Å². The van der Waals surface area contributed by atoms with E-state index >= 15 is 0 Å². The zero-order chi connectivity index (χ0) is 32.8. The van der Waals surface area contributed by atoms with Crippen LogP contribution in [-0.2, 0) is 34.0 Å². The van der Waals surface area contributed by atoms with E-state index in [0.29, 0.717) is 0 Å². The standard InChI is InChI=1S/C31H36Cl4O8/c1-15(2)29(36)42-19(7)38-17(5)40-27-23(32)11-21(12-24(27)33)31(9,10)22-13-25(34)28(26(35)14-22)41-18(6)39-20(8)43-30(37)16(3)4/h11-14,17-20H,1,3H2,2,4-10H3. The Labute approximate surface area is 272 Å². The van der Waals surface area contributed by atoms with Crippen molar-refractivity contribution in [3.63, 3.8) is 0 Å². The van der Waals surface area contributed by atoms with E-state index in [9.17, 15) is 9.59 Å². The van der Waals surface area contributed by atoms with Gasteiger partial charge in [0.1, 0.15) is 0 Å². The second-order valence-electron chi connectivity index (χ2n) is 10.3. The Morgan fingerprint density at radius 3 is 1.16 bits per heavy atom. The van der Waals surface area contributed by atoms with Gasteiger partial charge in [0.05, 0.1) is 20.1 Å². The predicted molar refractivity (Wildman–Crippen MR) is 168 cm³/mol. The molecule has 0 fully saturated rings. The summed E-state index contributed by atoms with van der Waals surface area (Å²) in [6.07, 6.45) is -3.49. The molecule has 4 atom stereocenters. The van der Waals surface area contributed by atoms with Crippen LogP contribution in [0.2, 0.25) is 20.1 Å². The Bertz CT molecular complexity index is 1230. The fourth-order valence-electron chi connectivity index (χ4n) is 3.72. The van der Waals surface area contributed by atoms with Crippen LogP contribution in [0.3, 0.4) is 0 Å². The zero-order valence-corrected chi connectivity index (χ0v) is 28.3. The van der Waals surface area contributed by atoms with E-state index in [1.54, 1.807) is 52.0 Å². The van der Waals surface area contributed by atoms with E-state index in [0.717, 1.165) is 11.1 Å². The molecule has 0 saturated carbocycles. The molecule has 2 aromatic rings. The molecule has 0 bridgehead atoms. The molecule has 2 rings (SSSR count). The van der Waals surface area contributed by atoms with Crippen LogP contribution >= 0.6 is 46.4 Å². The van der Waals surface area contributed by atoms with Crippen molar-refractivity contribution in [3.8, 4) is 11.5 Å².